The van der Waals surface area contributed by atoms with E-state index < -0.39 is 30.3 Å². The first-order valence-corrected chi connectivity index (χ1v) is 7.41. The summed E-state index contributed by atoms with van der Waals surface area (Å²) in [7, 11) is 0. The maximum absolute atomic E-state index is 12.1. The van der Waals surface area contributed by atoms with Gasteiger partial charge in [-0.1, -0.05) is 24.9 Å². The van der Waals surface area contributed by atoms with Gasteiger partial charge in [0.15, 0.2) is 5.15 Å². The molecule has 8 nitrogen and oxygen atoms in total. The van der Waals surface area contributed by atoms with Crippen molar-refractivity contribution in [2.75, 3.05) is 18.4 Å². The molecule has 1 aromatic heterocycles. The van der Waals surface area contributed by atoms with Crippen LogP contribution in [0.4, 0.5) is 10.5 Å². The lowest BCUT2D eigenvalue weighted by molar-refractivity contribution is -0.143. The number of nitrogens with one attached hydrogen (secondary N) is 1. The molecule has 23 heavy (non-hydrogen) atoms. The van der Waals surface area contributed by atoms with E-state index in [2.05, 4.69) is 10.3 Å². The number of hydrogen-bond acceptors (Lipinski definition) is 5. The summed E-state index contributed by atoms with van der Waals surface area (Å²) in [4.78, 5) is 52.9. The van der Waals surface area contributed by atoms with Crippen molar-refractivity contribution >= 4 is 41.0 Å². The Balaban J connectivity index is 2.03. The minimum atomic E-state index is -1.00. The number of urea groups is 1. The monoisotopic (exact) mass is 338 g/mol. The molecule has 5 amide bonds. The molecule has 0 unspecified atom stereocenters. The number of imide groups is 2. The zero-order valence-corrected chi connectivity index (χ0v) is 13.2. The average molecular weight is 339 g/mol. The predicted molar refractivity (Wildman–Crippen MR) is 81.6 cm³/mol. The van der Waals surface area contributed by atoms with Crippen LogP contribution in [0.1, 0.15) is 19.8 Å². The molecule has 0 saturated carbocycles. The lowest BCUT2D eigenvalue weighted by Gasteiger charge is -2.15. The number of aromatic nitrogens is 1. The molecule has 1 aromatic rings. The Morgan fingerprint density at radius 2 is 1.96 bits per heavy atom. The number of pyridine rings is 1. The van der Waals surface area contributed by atoms with Gasteiger partial charge >= 0.3 is 17.8 Å². The van der Waals surface area contributed by atoms with Crippen molar-refractivity contribution in [2.24, 2.45) is 0 Å². The molecule has 0 aliphatic carbocycles. The van der Waals surface area contributed by atoms with E-state index in [1.807, 2.05) is 6.92 Å². The summed E-state index contributed by atoms with van der Waals surface area (Å²) < 4.78 is 0. The minimum absolute atomic E-state index is 0.0839. The molecule has 1 aliphatic rings. The van der Waals surface area contributed by atoms with Crippen LogP contribution in [0.2, 0.25) is 5.15 Å². The third-order valence-electron chi connectivity index (χ3n) is 3.21. The van der Waals surface area contributed by atoms with Crippen LogP contribution in [0, 0.1) is 0 Å². The first-order valence-electron chi connectivity index (χ1n) is 7.03. The Labute approximate surface area is 137 Å². The van der Waals surface area contributed by atoms with Crippen LogP contribution in [-0.4, -0.2) is 51.6 Å². The number of carbonyl (C=O) groups excluding carboxylic acids is 4. The molecule has 122 valence electrons. The molecular formula is C14H15ClN4O4. The van der Waals surface area contributed by atoms with E-state index >= 15 is 0 Å². The van der Waals surface area contributed by atoms with Crippen molar-refractivity contribution < 1.29 is 19.2 Å². The molecule has 0 bridgehead atoms. The molecule has 0 radical (unpaired) electrons. The van der Waals surface area contributed by atoms with Crippen molar-refractivity contribution in [1.82, 2.24) is 14.8 Å². The van der Waals surface area contributed by atoms with Crippen molar-refractivity contribution in [3.63, 3.8) is 0 Å². The molecule has 1 N–H and O–H groups in total. The van der Waals surface area contributed by atoms with Gasteiger partial charge in [-0.15, -0.1) is 0 Å². The Bertz CT molecular complexity index is 664. The summed E-state index contributed by atoms with van der Waals surface area (Å²) in [6, 6.07) is 2.32. The first kappa shape index (κ1) is 16.9. The highest BCUT2D eigenvalue weighted by Crippen LogP contribution is 2.18. The van der Waals surface area contributed by atoms with Crippen LogP contribution in [-0.2, 0) is 14.4 Å². The van der Waals surface area contributed by atoms with Gasteiger partial charge in [0.05, 0.1) is 5.69 Å². The Kier molecular flexibility index (Phi) is 5.28. The highest BCUT2D eigenvalue weighted by molar-refractivity contribution is 6.45. The van der Waals surface area contributed by atoms with Crippen molar-refractivity contribution in [3.05, 3.63) is 23.5 Å². The quantitative estimate of drug-likeness (QED) is 0.478. The maximum atomic E-state index is 12.1. The molecule has 0 atom stereocenters. The van der Waals surface area contributed by atoms with Gasteiger partial charge in [0, 0.05) is 12.7 Å². The number of nitrogens with zero attached hydrogens (tertiary/aromatic N) is 3. The fraction of sp³-hybridized carbons (Fsp3) is 0.357. The molecule has 0 aromatic carbocycles. The van der Waals surface area contributed by atoms with Crippen LogP contribution < -0.4 is 5.32 Å². The van der Waals surface area contributed by atoms with Gasteiger partial charge < -0.3 is 5.32 Å². The molecule has 1 fully saturated rings. The normalized spacial score (nSPS) is 14.6. The van der Waals surface area contributed by atoms with Crippen LogP contribution >= 0.6 is 11.6 Å². The predicted octanol–water partition coefficient (Wildman–Crippen LogP) is 1.26. The van der Waals surface area contributed by atoms with Crippen LogP contribution in [0.15, 0.2) is 18.3 Å². The van der Waals surface area contributed by atoms with Gasteiger partial charge in [0.25, 0.3) is 0 Å². The van der Waals surface area contributed by atoms with Gasteiger partial charge in [-0.3, -0.25) is 19.3 Å². The van der Waals surface area contributed by atoms with Gasteiger partial charge in [-0.05, 0) is 18.6 Å². The number of hydrogen-bond donors (Lipinski definition) is 1. The SMILES string of the molecule is CCCCN1C(=O)C(=O)N(CC(=O)Nc2cccnc2Cl)C1=O. The highest BCUT2D eigenvalue weighted by atomic mass is 35.5. The third kappa shape index (κ3) is 3.65. The van der Waals surface area contributed by atoms with Crippen molar-refractivity contribution in [2.45, 2.75) is 19.8 Å². The number of amides is 5. The molecule has 2 heterocycles. The summed E-state index contributed by atoms with van der Waals surface area (Å²) in [5.41, 5.74) is 0.257. The van der Waals surface area contributed by atoms with Gasteiger partial charge in [-0.25, -0.2) is 14.7 Å². The van der Waals surface area contributed by atoms with Gasteiger partial charge in [-0.2, -0.15) is 0 Å². The average Bonchev–Trinajstić information content (AvgIpc) is 2.72. The second kappa shape index (κ2) is 7.19. The minimum Gasteiger partial charge on any atom is -0.322 e. The smallest absolute Gasteiger partial charge is 0.322 e. The summed E-state index contributed by atoms with van der Waals surface area (Å²) in [5.74, 6) is -2.55. The molecule has 1 aliphatic heterocycles. The maximum Gasteiger partial charge on any atom is 0.334 e. The molecule has 9 heteroatoms. The van der Waals surface area contributed by atoms with E-state index in [1.54, 1.807) is 6.07 Å². The van der Waals surface area contributed by atoms with E-state index in [1.165, 1.54) is 12.3 Å². The lowest BCUT2D eigenvalue weighted by Crippen LogP contribution is -2.39. The van der Waals surface area contributed by atoms with E-state index in [0.717, 1.165) is 11.3 Å². The van der Waals surface area contributed by atoms with E-state index in [4.69, 9.17) is 11.6 Å². The second-order valence-corrected chi connectivity index (χ2v) is 5.23. The zero-order valence-electron chi connectivity index (χ0n) is 12.4. The highest BCUT2D eigenvalue weighted by Gasteiger charge is 2.44. The molecule has 1 saturated heterocycles. The lowest BCUT2D eigenvalue weighted by atomic mass is 10.3. The number of unbranched alkanes of at least 4 members (excludes halogenated alkanes) is 1. The Morgan fingerprint density at radius 3 is 2.61 bits per heavy atom. The van der Waals surface area contributed by atoms with E-state index in [9.17, 15) is 19.2 Å². The number of rotatable bonds is 6. The van der Waals surface area contributed by atoms with Crippen molar-refractivity contribution in [1.29, 1.82) is 0 Å². The molecular weight excluding hydrogens is 324 g/mol. The number of halogens is 1. The summed E-state index contributed by atoms with van der Waals surface area (Å²) in [6.45, 7) is 1.50. The fourth-order valence-corrected chi connectivity index (χ4v) is 2.18. The summed E-state index contributed by atoms with van der Waals surface area (Å²) in [6.07, 6.45) is 2.82. The number of anilines is 1. The molecule has 2 rings (SSSR count). The Hall–Kier alpha value is -2.48. The van der Waals surface area contributed by atoms with Crippen LogP contribution in [0.3, 0.4) is 0 Å². The number of carbonyl (C=O) groups is 4. The van der Waals surface area contributed by atoms with Gasteiger partial charge in [0.1, 0.15) is 6.54 Å². The van der Waals surface area contributed by atoms with Crippen LogP contribution in [0.5, 0.6) is 0 Å². The largest absolute Gasteiger partial charge is 0.334 e. The zero-order chi connectivity index (χ0) is 17.0. The second-order valence-electron chi connectivity index (χ2n) is 4.87. The third-order valence-corrected chi connectivity index (χ3v) is 3.51. The summed E-state index contributed by atoms with van der Waals surface area (Å²) in [5, 5.41) is 2.53. The van der Waals surface area contributed by atoms with Gasteiger partial charge in [0.2, 0.25) is 5.91 Å². The molecule has 0 spiro atoms. The first-order chi connectivity index (χ1) is 11.0. The topological polar surface area (TPSA) is 99.7 Å². The van der Waals surface area contributed by atoms with E-state index in [-0.39, 0.29) is 17.4 Å². The standard InChI is InChI=1S/C14H15ClN4O4/c1-2-3-7-18-12(21)13(22)19(14(18)23)8-10(20)17-9-5-4-6-16-11(9)15/h4-6H,2-3,7-8H2,1H3,(H,17,20). The Morgan fingerprint density at radius 1 is 1.26 bits per heavy atom. The van der Waals surface area contributed by atoms with Crippen molar-refractivity contribution in [3.8, 4) is 0 Å². The van der Waals surface area contributed by atoms with E-state index in [0.29, 0.717) is 11.3 Å². The fourth-order valence-electron chi connectivity index (χ4n) is 2.02. The van der Waals surface area contributed by atoms with Crippen LogP contribution in [0.25, 0.3) is 0 Å². The summed E-state index contributed by atoms with van der Waals surface area (Å²) >= 11 is 5.81.